The smallest absolute Gasteiger partial charge is 0.216 e. The standard InChI is InChI=1S/C14H18N2O2/c1-10(17)15-6-5-11-7-12-8-13(18-2)3-4-14(12)16-9-11/h3-4,7-8,16H,5-6,9H2,1-2H3,(H,15,17). The monoisotopic (exact) mass is 246 g/mol. The summed E-state index contributed by atoms with van der Waals surface area (Å²) in [7, 11) is 1.67. The van der Waals surface area contributed by atoms with Crippen LogP contribution in [0.4, 0.5) is 5.69 Å². The van der Waals surface area contributed by atoms with E-state index in [-0.39, 0.29) is 5.91 Å². The molecule has 4 heteroatoms. The number of carbonyl (C=O) groups is 1. The molecule has 1 amide bonds. The van der Waals surface area contributed by atoms with Crippen LogP contribution in [-0.4, -0.2) is 26.1 Å². The molecule has 0 fully saturated rings. The van der Waals surface area contributed by atoms with E-state index in [0.29, 0.717) is 6.54 Å². The summed E-state index contributed by atoms with van der Waals surface area (Å²) in [5.74, 6) is 0.872. The second-order valence-corrected chi connectivity index (χ2v) is 4.34. The van der Waals surface area contributed by atoms with Crippen molar-refractivity contribution in [2.24, 2.45) is 0 Å². The third-order valence-corrected chi connectivity index (χ3v) is 2.94. The lowest BCUT2D eigenvalue weighted by molar-refractivity contribution is -0.118. The Kier molecular flexibility index (Phi) is 3.87. The minimum absolute atomic E-state index is 0.0152. The summed E-state index contributed by atoms with van der Waals surface area (Å²) in [4.78, 5) is 10.8. The van der Waals surface area contributed by atoms with Gasteiger partial charge in [-0.15, -0.1) is 0 Å². The molecule has 0 atom stereocenters. The van der Waals surface area contributed by atoms with E-state index in [9.17, 15) is 4.79 Å². The van der Waals surface area contributed by atoms with Gasteiger partial charge in [-0.3, -0.25) is 4.79 Å². The van der Waals surface area contributed by atoms with Gasteiger partial charge < -0.3 is 15.4 Å². The number of nitrogens with one attached hydrogen (secondary N) is 2. The average molecular weight is 246 g/mol. The van der Waals surface area contributed by atoms with Gasteiger partial charge in [0.1, 0.15) is 5.75 Å². The molecule has 0 spiro atoms. The number of carbonyl (C=O) groups excluding carboxylic acids is 1. The van der Waals surface area contributed by atoms with Crippen molar-refractivity contribution in [3.8, 4) is 5.75 Å². The molecule has 0 unspecified atom stereocenters. The van der Waals surface area contributed by atoms with E-state index in [1.807, 2.05) is 18.2 Å². The Bertz CT molecular complexity index is 481. The van der Waals surface area contributed by atoms with Crippen molar-refractivity contribution in [3.63, 3.8) is 0 Å². The SMILES string of the molecule is COc1ccc2c(c1)C=C(CCNC(C)=O)CN2. The number of amides is 1. The quantitative estimate of drug-likeness (QED) is 0.854. The molecule has 0 bridgehead atoms. The van der Waals surface area contributed by atoms with Gasteiger partial charge in [0.05, 0.1) is 7.11 Å². The molecule has 18 heavy (non-hydrogen) atoms. The van der Waals surface area contributed by atoms with Gasteiger partial charge in [0.2, 0.25) is 5.91 Å². The van der Waals surface area contributed by atoms with Crippen molar-refractivity contribution in [2.75, 3.05) is 25.5 Å². The van der Waals surface area contributed by atoms with Gasteiger partial charge in [0.25, 0.3) is 0 Å². The van der Waals surface area contributed by atoms with Crippen molar-refractivity contribution in [3.05, 3.63) is 29.3 Å². The molecular weight excluding hydrogens is 228 g/mol. The lowest BCUT2D eigenvalue weighted by Crippen LogP contribution is -2.22. The molecule has 1 aliphatic rings. The van der Waals surface area contributed by atoms with Gasteiger partial charge >= 0.3 is 0 Å². The van der Waals surface area contributed by atoms with Gasteiger partial charge in [-0.25, -0.2) is 0 Å². The molecule has 1 aromatic rings. The largest absolute Gasteiger partial charge is 0.497 e. The number of anilines is 1. The number of fused-ring (bicyclic) bond motifs is 1. The number of hydrogen-bond donors (Lipinski definition) is 2. The highest BCUT2D eigenvalue weighted by molar-refractivity contribution is 5.74. The van der Waals surface area contributed by atoms with E-state index in [2.05, 4.69) is 16.7 Å². The molecule has 96 valence electrons. The normalized spacial score (nSPS) is 13.1. The molecule has 0 aliphatic carbocycles. The van der Waals surface area contributed by atoms with Crippen molar-refractivity contribution >= 4 is 17.7 Å². The Morgan fingerprint density at radius 2 is 2.33 bits per heavy atom. The van der Waals surface area contributed by atoms with Gasteiger partial charge in [0.15, 0.2) is 0 Å². The maximum atomic E-state index is 10.8. The predicted molar refractivity (Wildman–Crippen MR) is 72.8 cm³/mol. The molecule has 2 N–H and O–H groups in total. The fourth-order valence-corrected chi connectivity index (χ4v) is 1.99. The van der Waals surface area contributed by atoms with Gasteiger partial charge in [-0.2, -0.15) is 0 Å². The highest BCUT2D eigenvalue weighted by Gasteiger charge is 2.10. The van der Waals surface area contributed by atoms with Gasteiger partial charge in [-0.05, 0) is 30.2 Å². The van der Waals surface area contributed by atoms with Crippen LogP contribution in [0.25, 0.3) is 6.08 Å². The first-order valence-electron chi connectivity index (χ1n) is 6.05. The Morgan fingerprint density at radius 3 is 3.06 bits per heavy atom. The van der Waals surface area contributed by atoms with Crippen LogP contribution in [0.3, 0.4) is 0 Å². The zero-order valence-electron chi connectivity index (χ0n) is 10.7. The highest BCUT2D eigenvalue weighted by Crippen LogP contribution is 2.28. The van der Waals surface area contributed by atoms with Crippen molar-refractivity contribution in [1.82, 2.24) is 5.32 Å². The maximum Gasteiger partial charge on any atom is 0.216 e. The molecule has 0 saturated carbocycles. The minimum Gasteiger partial charge on any atom is -0.497 e. The third-order valence-electron chi connectivity index (χ3n) is 2.94. The van der Waals surface area contributed by atoms with E-state index >= 15 is 0 Å². The number of benzene rings is 1. The number of ether oxygens (including phenoxy) is 1. The molecule has 0 radical (unpaired) electrons. The van der Waals surface area contributed by atoms with E-state index in [4.69, 9.17) is 4.74 Å². The average Bonchev–Trinajstić information content (AvgIpc) is 2.37. The number of methoxy groups -OCH3 is 1. The number of hydrogen-bond acceptors (Lipinski definition) is 3. The molecule has 4 nitrogen and oxygen atoms in total. The van der Waals surface area contributed by atoms with E-state index in [1.165, 1.54) is 12.5 Å². The van der Waals surface area contributed by atoms with Crippen LogP contribution >= 0.6 is 0 Å². The summed E-state index contributed by atoms with van der Waals surface area (Å²) < 4.78 is 5.21. The predicted octanol–water partition coefficient (Wildman–Crippen LogP) is 2.03. The molecule has 1 aromatic carbocycles. The van der Waals surface area contributed by atoms with Crippen molar-refractivity contribution in [1.29, 1.82) is 0 Å². The van der Waals surface area contributed by atoms with E-state index in [0.717, 1.165) is 30.0 Å². The van der Waals surface area contributed by atoms with Crippen LogP contribution in [-0.2, 0) is 4.79 Å². The first-order valence-corrected chi connectivity index (χ1v) is 6.05. The summed E-state index contributed by atoms with van der Waals surface area (Å²) in [5.41, 5.74) is 3.54. The van der Waals surface area contributed by atoms with E-state index in [1.54, 1.807) is 7.11 Å². The first kappa shape index (κ1) is 12.5. The molecular formula is C14H18N2O2. The zero-order valence-corrected chi connectivity index (χ0v) is 10.7. The van der Waals surface area contributed by atoms with Crippen molar-refractivity contribution < 1.29 is 9.53 Å². The van der Waals surface area contributed by atoms with Crippen molar-refractivity contribution in [2.45, 2.75) is 13.3 Å². The Labute approximate surface area is 107 Å². The fraction of sp³-hybridized carbons (Fsp3) is 0.357. The summed E-state index contributed by atoms with van der Waals surface area (Å²) >= 11 is 0. The zero-order chi connectivity index (χ0) is 13.0. The maximum absolute atomic E-state index is 10.8. The molecule has 1 aliphatic heterocycles. The first-order chi connectivity index (χ1) is 8.69. The molecule has 2 rings (SSSR count). The van der Waals surface area contributed by atoms with Crippen LogP contribution in [0.1, 0.15) is 18.9 Å². The third kappa shape index (κ3) is 3.03. The molecule has 0 aromatic heterocycles. The molecule has 0 saturated heterocycles. The second-order valence-electron chi connectivity index (χ2n) is 4.34. The lowest BCUT2D eigenvalue weighted by atomic mass is 10.0. The van der Waals surface area contributed by atoms with Crippen LogP contribution in [0.2, 0.25) is 0 Å². The topological polar surface area (TPSA) is 50.4 Å². The highest BCUT2D eigenvalue weighted by atomic mass is 16.5. The Balaban J connectivity index is 2.06. The van der Waals surface area contributed by atoms with Crippen LogP contribution in [0, 0.1) is 0 Å². The molecule has 1 heterocycles. The van der Waals surface area contributed by atoms with Crippen LogP contribution < -0.4 is 15.4 Å². The Hall–Kier alpha value is -1.97. The van der Waals surface area contributed by atoms with Crippen LogP contribution in [0.15, 0.2) is 23.8 Å². The van der Waals surface area contributed by atoms with E-state index < -0.39 is 0 Å². The summed E-state index contributed by atoms with van der Waals surface area (Å²) in [6.45, 7) is 3.05. The second kappa shape index (κ2) is 5.58. The van der Waals surface area contributed by atoms with Crippen LogP contribution in [0.5, 0.6) is 5.75 Å². The van der Waals surface area contributed by atoms with Gasteiger partial charge in [0, 0.05) is 31.3 Å². The summed E-state index contributed by atoms with van der Waals surface area (Å²) in [6.07, 6.45) is 3.03. The number of rotatable bonds is 4. The summed E-state index contributed by atoms with van der Waals surface area (Å²) in [6, 6.07) is 5.98. The fourth-order valence-electron chi connectivity index (χ4n) is 1.99. The Morgan fingerprint density at radius 1 is 1.50 bits per heavy atom. The summed E-state index contributed by atoms with van der Waals surface area (Å²) in [5, 5.41) is 6.17. The van der Waals surface area contributed by atoms with Gasteiger partial charge in [-0.1, -0.05) is 6.08 Å². The minimum atomic E-state index is 0.0152. The lowest BCUT2D eigenvalue weighted by Gasteiger charge is -2.19.